The summed E-state index contributed by atoms with van der Waals surface area (Å²) in [4.78, 5) is 0. The van der Waals surface area contributed by atoms with Gasteiger partial charge in [-0.1, -0.05) is 6.92 Å². The molecule has 0 amide bonds. The Morgan fingerprint density at radius 2 is 2.30 bits per heavy atom. The van der Waals surface area contributed by atoms with Gasteiger partial charge in [-0.2, -0.15) is 0 Å². The molecule has 0 bridgehead atoms. The molecule has 1 aromatic rings. The minimum Gasteiger partial charge on any atom is -0.379 e. The first-order chi connectivity index (χ1) is 9.45. The first kappa shape index (κ1) is 15.9. The molecule has 1 aliphatic rings. The van der Waals surface area contributed by atoms with Crippen molar-refractivity contribution in [3.63, 3.8) is 0 Å². The quantitative estimate of drug-likeness (QED) is 0.751. The van der Waals surface area contributed by atoms with Crippen LogP contribution in [0.2, 0.25) is 0 Å². The zero-order valence-electron chi connectivity index (χ0n) is 11.9. The Labute approximate surface area is 124 Å². The third kappa shape index (κ3) is 4.02. The molecule has 114 valence electrons. The highest BCUT2D eigenvalue weighted by atomic mass is 32.2. The van der Waals surface area contributed by atoms with Crippen LogP contribution >= 0.6 is 11.3 Å². The molecule has 1 unspecified atom stereocenters. The van der Waals surface area contributed by atoms with Gasteiger partial charge in [0.1, 0.15) is 4.21 Å². The summed E-state index contributed by atoms with van der Waals surface area (Å²) in [7, 11) is -3.45. The average molecular weight is 318 g/mol. The molecule has 1 saturated heterocycles. The first-order valence-corrected chi connectivity index (χ1v) is 9.21. The molecule has 1 aromatic heterocycles. The van der Waals surface area contributed by atoms with E-state index in [1.54, 1.807) is 6.07 Å². The number of rotatable bonds is 7. The van der Waals surface area contributed by atoms with Crippen molar-refractivity contribution in [3.8, 4) is 0 Å². The van der Waals surface area contributed by atoms with Crippen molar-refractivity contribution in [2.75, 3.05) is 19.8 Å². The highest BCUT2D eigenvalue weighted by Crippen LogP contribution is 2.25. The van der Waals surface area contributed by atoms with Crippen molar-refractivity contribution in [1.29, 1.82) is 0 Å². The Morgan fingerprint density at radius 1 is 1.50 bits per heavy atom. The van der Waals surface area contributed by atoms with Gasteiger partial charge in [0.05, 0.1) is 12.1 Å². The molecular formula is C13H22N2O3S2. The predicted octanol–water partition coefficient (Wildman–Crippen LogP) is 1.71. The third-order valence-corrected chi connectivity index (χ3v) is 6.38. The third-order valence-electron chi connectivity index (χ3n) is 3.25. The molecule has 0 radical (unpaired) electrons. The Morgan fingerprint density at radius 3 is 2.95 bits per heavy atom. The van der Waals surface area contributed by atoms with Gasteiger partial charge in [-0.3, -0.25) is 0 Å². The standard InChI is InChI=1S/C13H22N2O3S2/c1-3-5-14-8-11-7-12(19-9-11)20(16,17)15-13(2)4-6-18-10-13/h7,9,14-15H,3-6,8,10H2,1-2H3. The van der Waals surface area contributed by atoms with Crippen LogP contribution in [0.15, 0.2) is 15.7 Å². The van der Waals surface area contributed by atoms with Crippen molar-refractivity contribution in [2.45, 2.75) is 43.0 Å². The van der Waals surface area contributed by atoms with Crippen molar-refractivity contribution in [1.82, 2.24) is 10.0 Å². The number of thiophene rings is 1. The van der Waals surface area contributed by atoms with E-state index in [-0.39, 0.29) is 0 Å². The summed E-state index contributed by atoms with van der Waals surface area (Å²) in [5.74, 6) is 0. The SMILES string of the molecule is CCCNCc1csc(S(=O)(=O)NC2(C)CCOC2)c1. The van der Waals surface area contributed by atoms with E-state index in [0.717, 1.165) is 18.5 Å². The number of nitrogens with one attached hydrogen (secondary N) is 2. The van der Waals surface area contributed by atoms with Gasteiger partial charge in [-0.15, -0.1) is 11.3 Å². The van der Waals surface area contributed by atoms with E-state index >= 15 is 0 Å². The van der Waals surface area contributed by atoms with E-state index in [4.69, 9.17) is 4.74 Å². The molecule has 0 saturated carbocycles. The van der Waals surface area contributed by atoms with E-state index in [9.17, 15) is 8.42 Å². The van der Waals surface area contributed by atoms with Gasteiger partial charge in [-0.25, -0.2) is 13.1 Å². The molecule has 5 nitrogen and oxygen atoms in total. The molecule has 2 rings (SSSR count). The Kier molecular flexibility index (Phi) is 5.19. The Bertz CT molecular complexity index is 534. The predicted molar refractivity (Wildman–Crippen MR) is 80.5 cm³/mol. The topological polar surface area (TPSA) is 67.4 Å². The van der Waals surface area contributed by atoms with Crippen molar-refractivity contribution in [2.24, 2.45) is 0 Å². The van der Waals surface area contributed by atoms with Crippen LogP contribution in [0.3, 0.4) is 0 Å². The summed E-state index contributed by atoms with van der Waals surface area (Å²) >= 11 is 1.27. The Hall–Kier alpha value is -0.470. The summed E-state index contributed by atoms with van der Waals surface area (Å²) in [6, 6.07) is 1.74. The normalized spacial score (nSPS) is 23.3. The molecule has 2 heterocycles. The smallest absolute Gasteiger partial charge is 0.250 e. The molecule has 1 fully saturated rings. The lowest BCUT2D eigenvalue weighted by molar-refractivity contribution is 0.178. The average Bonchev–Trinajstić information content (AvgIpc) is 2.98. The molecule has 7 heteroatoms. The van der Waals surface area contributed by atoms with E-state index < -0.39 is 15.6 Å². The Balaban J connectivity index is 2.02. The number of hydrogen-bond acceptors (Lipinski definition) is 5. The van der Waals surface area contributed by atoms with E-state index in [2.05, 4.69) is 17.0 Å². The van der Waals surface area contributed by atoms with Crippen LogP contribution in [-0.2, 0) is 21.3 Å². The monoisotopic (exact) mass is 318 g/mol. The van der Waals surface area contributed by atoms with Crippen LogP contribution in [-0.4, -0.2) is 33.7 Å². The van der Waals surface area contributed by atoms with Crippen molar-refractivity contribution < 1.29 is 13.2 Å². The minimum atomic E-state index is -3.45. The van der Waals surface area contributed by atoms with E-state index in [1.807, 2.05) is 12.3 Å². The van der Waals surface area contributed by atoms with Crippen LogP contribution in [0, 0.1) is 0 Å². The summed E-state index contributed by atoms with van der Waals surface area (Å²) in [6.45, 7) is 6.67. The molecule has 0 aromatic carbocycles. The van der Waals surface area contributed by atoms with Crippen LogP contribution in [0.5, 0.6) is 0 Å². The van der Waals surface area contributed by atoms with Crippen LogP contribution in [0.4, 0.5) is 0 Å². The zero-order valence-corrected chi connectivity index (χ0v) is 13.6. The van der Waals surface area contributed by atoms with Gasteiger partial charge < -0.3 is 10.1 Å². The van der Waals surface area contributed by atoms with Gasteiger partial charge in [0.15, 0.2) is 0 Å². The fourth-order valence-corrected chi connectivity index (χ4v) is 4.75. The van der Waals surface area contributed by atoms with Crippen LogP contribution in [0.1, 0.15) is 32.3 Å². The second kappa shape index (κ2) is 6.53. The van der Waals surface area contributed by atoms with Gasteiger partial charge in [0.2, 0.25) is 0 Å². The molecule has 0 spiro atoms. The lowest BCUT2D eigenvalue weighted by Crippen LogP contribution is -2.46. The maximum atomic E-state index is 12.4. The molecular weight excluding hydrogens is 296 g/mol. The fourth-order valence-electron chi connectivity index (χ4n) is 2.12. The summed E-state index contributed by atoms with van der Waals surface area (Å²) < 4.78 is 33.1. The van der Waals surface area contributed by atoms with Gasteiger partial charge in [-0.05, 0) is 43.3 Å². The largest absolute Gasteiger partial charge is 0.379 e. The molecule has 1 aliphatic heterocycles. The van der Waals surface area contributed by atoms with Crippen molar-refractivity contribution in [3.05, 3.63) is 17.0 Å². The number of hydrogen-bond donors (Lipinski definition) is 2. The summed E-state index contributed by atoms with van der Waals surface area (Å²) in [5.41, 5.74) is 0.528. The summed E-state index contributed by atoms with van der Waals surface area (Å²) in [5, 5.41) is 5.16. The fraction of sp³-hybridized carbons (Fsp3) is 0.692. The van der Waals surface area contributed by atoms with Crippen LogP contribution in [0.25, 0.3) is 0 Å². The molecule has 0 aliphatic carbocycles. The molecule has 1 atom stereocenters. The maximum absolute atomic E-state index is 12.4. The zero-order chi connectivity index (χ0) is 14.6. The second-order valence-corrected chi connectivity index (χ2v) is 8.24. The molecule has 2 N–H and O–H groups in total. The van der Waals surface area contributed by atoms with Crippen LogP contribution < -0.4 is 10.0 Å². The van der Waals surface area contributed by atoms with E-state index in [0.29, 0.717) is 30.4 Å². The van der Waals surface area contributed by atoms with E-state index in [1.165, 1.54) is 11.3 Å². The van der Waals surface area contributed by atoms with Gasteiger partial charge in [0.25, 0.3) is 10.0 Å². The highest BCUT2D eigenvalue weighted by molar-refractivity contribution is 7.91. The van der Waals surface area contributed by atoms with Gasteiger partial charge >= 0.3 is 0 Å². The summed E-state index contributed by atoms with van der Waals surface area (Å²) in [6.07, 6.45) is 1.78. The lowest BCUT2D eigenvalue weighted by atomic mass is 10.0. The molecule has 20 heavy (non-hydrogen) atoms. The first-order valence-electron chi connectivity index (χ1n) is 6.85. The second-order valence-electron chi connectivity index (χ2n) is 5.42. The van der Waals surface area contributed by atoms with Crippen molar-refractivity contribution >= 4 is 21.4 Å². The number of sulfonamides is 1. The van der Waals surface area contributed by atoms with Gasteiger partial charge in [0, 0.05) is 13.2 Å². The highest BCUT2D eigenvalue weighted by Gasteiger charge is 2.35. The maximum Gasteiger partial charge on any atom is 0.250 e. The minimum absolute atomic E-state index is 0.374. The number of ether oxygens (including phenoxy) is 1. The lowest BCUT2D eigenvalue weighted by Gasteiger charge is -2.22.